The maximum Gasteiger partial charge on any atom is 0.182 e. The van der Waals surface area contributed by atoms with E-state index in [1.54, 1.807) is 18.2 Å². The summed E-state index contributed by atoms with van der Waals surface area (Å²) in [5.74, 6) is -1.16. The number of fused-ring (bicyclic) bond motifs is 1. The van der Waals surface area contributed by atoms with Crippen molar-refractivity contribution < 1.29 is 8.78 Å². The van der Waals surface area contributed by atoms with Crippen molar-refractivity contribution in [1.29, 1.82) is 0 Å². The third-order valence-corrected chi connectivity index (χ3v) is 4.00. The lowest BCUT2D eigenvalue weighted by atomic mass is 10.2. The van der Waals surface area contributed by atoms with Crippen LogP contribution in [0.1, 0.15) is 0 Å². The fraction of sp³-hybridized carbons (Fsp3) is 0. The van der Waals surface area contributed by atoms with Crippen LogP contribution in [0.2, 0.25) is 5.02 Å². The summed E-state index contributed by atoms with van der Waals surface area (Å²) < 4.78 is 29.5. The molecule has 7 heteroatoms. The van der Waals surface area contributed by atoms with Crippen LogP contribution in [0.3, 0.4) is 0 Å². The van der Waals surface area contributed by atoms with E-state index in [0.717, 1.165) is 12.1 Å². The van der Waals surface area contributed by atoms with Crippen molar-refractivity contribution >= 4 is 50.8 Å². The summed E-state index contributed by atoms with van der Waals surface area (Å²) >= 11 is 14.1. The summed E-state index contributed by atoms with van der Waals surface area (Å²) in [6.45, 7) is 0. The van der Waals surface area contributed by atoms with Crippen molar-refractivity contribution in [3.05, 3.63) is 56.2 Å². The van der Waals surface area contributed by atoms with Crippen LogP contribution in [0.15, 0.2) is 34.8 Å². The highest BCUT2D eigenvalue weighted by Crippen LogP contribution is 2.27. The molecular formula is C13H6BrClF2N2S. The van der Waals surface area contributed by atoms with Gasteiger partial charge in [-0.2, -0.15) is 0 Å². The fourth-order valence-corrected chi connectivity index (χ4v) is 2.79. The number of nitrogens with zero attached hydrogens (tertiary/aromatic N) is 1. The molecule has 0 fully saturated rings. The summed E-state index contributed by atoms with van der Waals surface area (Å²) in [7, 11) is 0. The van der Waals surface area contributed by atoms with Crippen molar-refractivity contribution in [3.8, 4) is 5.69 Å². The smallest absolute Gasteiger partial charge is 0.182 e. The number of benzene rings is 2. The van der Waals surface area contributed by atoms with Crippen LogP contribution >= 0.6 is 39.7 Å². The standard InChI is InChI=1S/C13H6BrClF2N2S/c14-7-4-9(17)11(5-8(7)16)19-12-3-6(15)1-2-10(12)18-13(19)20/h1-5H,(H,18,20). The van der Waals surface area contributed by atoms with E-state index < -0.39 is 11.6 Å². The fourth-order valence-electron chi connectivity index (χ4n) is 2.00. The second kappa shape index (κ2) is 4.95. The number of hydrogen-bond acceptors (Lipinski definition) is 1. The molecule has 0 aliphatic carbocycles. The minimum absolute atomic E-state index is 0.0317. The normalized spacial score (nSPS) is 11.2. The molecule has 1 N–H and O–H groups in total. The van der Waals surface area contributed by atoms with Crippen molar-refractivity contribution in [2.45, 2.75) is 0 Å². The van der Waals surface area contributed by atoms with Gasteiger partial charge in [-0.3, -0.25) is 4.57 Å². The molecule has 0 aliphatic rings. The van der Waals surface area contributed by atoms with E-state index in [0.29, 0.717) is 16.1 Å². The number of H-pyrrole nitrogens is 1. The first-order chi connectivity index (χ1) is 9.47. The lowest BCUT2D eigenvalue weighted by Crippen LogP contribution is -1.99. The van der Waals surface area contributed by atoms with Crippen LogP contribution in [-0.2, 0) is 0 Å². The van der Waals surface area contributed by atoms with Crippen LogP contribution in [0.5, 0.6) is 0 Å². The van der Waals surface area contributed by atoms with Crippen molar-refractivity contribution in [1.82, 2.24) is 9.55 Å². The summed E-state index contributed by atoms with van der Waals surface area (Å²) in [4.78, 5) is 2.93. The third-order valence-electron chi connectivity index (χ3n) is 2.88. The Morgan fingerprint density at radius 1 is 1.15 bits per heavy atom. The molecule has 0 aliphatic heterocycles. The molecule has 3 aromatic rings. The second-order valence-electron chi connectivity index (χ2n) is 4.14. The molecule has 0 radical (unpaired) electrons. The first kappa shape index (κ1) is 13.7. The third kappa shape index (κ3) is 2.17. The van der Waals surface area contributed by atoms with E-state index in [1.165, 1.54) is 4.57 Å². The molecule has 0 amide bonds. The zero-order valence-electron chi connectivity index (χ0n) is 9.75. The van der Waals surface area contributed by atoms with Gasteiger partial charge in [0.1, 0.15) is 11.6 Å². The van der Waals surface area contributed by atoms with Gasteiger partial charge in [0.2, 0.25) is 0 Å². The molecule has 2 nitrogen and oxygen atoms in total. The Hall–Kier alpha value is -1.24. The molecule has 0 spiro atoms. The van der Waals surface area contributed by atoms with Gasteiger partial charge in [-0.05, 0) is 52.4 Å². The summed E-state index contributed by atoms with van der Waals surface area (Å²) in [5, 5.41) is 0.484. The monoisotopic (exact) mass is 374 g/mol. The van der Waals surface area contributed by atoms with E-state index in [4.69, 9.17) is 23.8 Å². The van der Waals surface area contributed by atoms with E-state index in [1.807, 2.05) is 0 Å². The van der Waals surface area contributed by atoms with Crippen LogP contribution < -0.4 is 0 Å². The molecule has 102 valence electrons. The van der Waals surface area contributed by atoms with Crippen LogP contribution in [-0.4, -0.2) is 9.55 Å². The minimum Gasteiger partial charge on any atom is -0.330 e. The lowest BCUT2D eigenvalue weighted by molar-refractivity contribution is 0.588. The second-order valence-corrected chi connectivity index (χ2v) is 5.82. The molecule has 0 bridgehead atoms. The predicted octanol–water partition coefficient (Wildman–Crippen LogP) is 5.38. The Bertz CT molecular complexity index is 888. The number of nitrogens with one attached hydrogen (secondary N) is 1. The molecule has 0 saturated carbocycles. The number of aromatic nitrogens is 2. The number of hydrogen-bond donors (Lipinski definition) is 1. The molecule has 1 aromatic heterocycles. The van der Waals surface area contributed by atoms with Gasteiger partial charge < -0.3 is 4.98 Å². The van der Waals surface area contributed by atoms with Gasteiger partial charge >= 0.3 is 0 Å². The van der Waals surface area contributed by atoms with E-state index >= 15 is 0 Å². The maximum atomic E-state index is 14.1. The maximum absolute atomic E-state index is 14.1. The van der Waals surface area contributed by atoms with Crippen LogP contribution in [0.4, 0.5) is 8.78 Å². The van der Waals surface area contributed by atoms with Crippen LogP contribution in [0, 0.1) is 16.4 Å². The summed E-state index contributed by atoms with van der Waals surface area (Å²) in [6, 6.07) is 7.22. The number of imidazole rings is 1. The Morgan fingerprint density at radius 2 is 1.90 bits per heavy atom. The predicted molar refractivity (Wildman–Crippen MR) is 81.1 cm³/mol. The van der Waals surface area contributed by atoms with E-state index in [-0.39, 0.29) is 14.9 Å². The average molecular weight is 376 g/mol. The van der Waals surface area contributed by atoms with Crippen LogP contribution in [0.25, 0.3) is 16.7 Å². The van der Waals surface area contributed by atoms with Gasteiger partial charge in [0.25, 0.3) is 0 Å². The van der Waals surface area contributed by atoms with Gasteiger partial charge in [0, 0.05) is 11.1 Å². The zero-order valence-corrected chi connectivity index (χ0v) is 12.9. The molecule has 0 atom stereocenters. The Morgan fingerprint density at radius 3 is 2.65 bits per heavy atom. The average Bonchev–Trinajstić information content (AvgIpc) is 2.69. The largest absolute Gasteiger partial charge is 0.330 e. The Labute approximate surface area is 131 Å². The SMILES string of the molecule is Fc1cc(-n2c(=S)[nH]c3ccc(Cl)cc32)c(F)cc1Br. The molecule has 0 unspecified atom stereocenters. The first-order valence-electron chi connectivity index (χ1n) is 5.52. The summed E-state index contributed by atoms with van der Waals surface area (Å²) in [6.07, 6.45) is 0. The molecule has 1 heterocycles. The first-order valence-corrected chi connectivity index (χ1v) is 7.10. The number of aromatic amines is 1. The summed E-state index contributed by atoms with van der Waals surface area (Å²) in [5.41, 5.74) is 1.31. The molecule has 2 aromatic carbocycles. The van der Waals surface area contributed by atoms with E-state index in [2.05, 4.69) is 20.9 Å². The minimum atomic E-state index is -0.588. The quantitative estimate of drug-likeness (QED) is 0.447. The van der Waals surface area contributed by atoms with Crippen molar-refractivity contribution in [3.63, 3.8) is 0 Å². The van der Waals surface area contributed by atoms with E-state index in [9.17, 15) is 8.78 Å². The highest BCUT2D eigenvalue weighted by Gasteiger charge is 2.14. The highest BCUT2D eigenvalue weighted by atomic mass is 79.9. The lowest BCUT2D eigenvalue weighted by Gasteiger charge is -2.07. The number of halogens is 4. The van der Waals surface area contributed by atoms with Gasteiger partial charge in [-0.25, -0.2) is 8.78 Å². The zero-order chi connectivity index (χ0) is 14.4. The highest BCUT2D eigenvalue weighted by molar-refractivity contribution is 9.10. The molecular weight excluding hydrogens is 370 g/mol. The molecule has 20 heavy (non-hydrogen) atoms. The Kier molecular flexibility index (Phi) is 3.40. The Balaban J connectivity index is 2.40. The number of rotatable bonds is 1. The van der Waals surface area contributed by atoms with Crippen molar-refractivity contribution in [2.75, 3.05) is 0 Å². The van der Waals surface area contributed by atoms with Gasteiger partial charge in [-0.15, -0.1) is 0 Å². The molecule has 0 saturated heterocycles. The van der Waals surface area contributed by atoms with Gasteiger partial charge in [0.15, 0.2) is 4.77 Å². The van der Waals surface area contributed by atoms with Gasteiger partial charge in [0.05, 0.1) is 21.2 Å². The van der Waals surface area contributed by atoms with Crippen molar-refractivity contribution in [2.24, 2.45) is 0 Å². The van der Waals surface area contributed by atoms with Gasteiger partial charge in [-0.1, -0.05) is 11.6 Å². The molecule has 3 rings (SSSR count). The topological polar surface area (TPSA) is 20.7 Å².